The van der Waals surface area contributed by atoms with Crippen LogP contribution < -0.4 is 0 Å². The van der Waals surface area contributed by atoms with Gasteiger partial charge in [-0.05, 0) is 23.2 Å². The minimum Gasteiger partial charge on any atom is -0.0776 e. The third-order valence-corrected chi connectivity index (χ3v) is 4.73. The van der Waals surface area contributed by atoms with Gasteiger partial charge in [0.1, 0.15) is 0 Å². The van der Waals surface area contributed by atoms with E-state index in [4.69, 9.17) is 0 Å². The van der Waals surface area contributed by atoms with Gasteiger partial charge in [-0.2, -0.15) is 0 Å². The largest absolute Gasteiger partial charge is 0.0776 e. The lowest BCUT2D eigenvalue weighted by atomic mass is 9.91. The Morgan fingerprint density at radius 2 is 0.725 bits per heavy atom. The van der Waals surface area contributed by atoms with Gasteiger partial charge in [-0.15, -0.1) is 0 Å². The summed E-state index contributed by atoms with van der Waals surface area (Å²) in [5.41, 5.74) is 0.500. The fourth-order valence-electron chi connectivity index (χ4n) is 1.98. The van der Waals surface area contributed by atoms with Crippen molar-refractivity contribution >= 4 is 0 Å². The maximum atomic E-state index is 2.36. The second-order valence-corrected chi connectivity index (χ2v) is 12.8. The van der Waals surface area contributed by atoms with E-state index in [1.165, 1.54) is 89.9 Å². The molecule has 1 aliphatic carbocycles. The summed E-state index contributed by atoms with van der Waals surface area (Å²) in [5, 5.41) is 0. The minimum absolute atomic E-state index is 0. The summed E-state index contributed by atoms with van der Waals surface area (Å²) in [7, 11) is 0. The van der Waals surface area contributed by atoms with Gasteiger partial charge < -0.3 is 0 Å². The van der Waals surface area contributed by atoms with Crippen molar-refractivity contribution in [3.05, 3.63) is 0 Å². The predicted molar refractivity (Wildman–Crippen MR) is 203 cm³/mol. The normalized spacial score (nSPS) is 11.2. The molecule has 40 heavy (non-hydrogen) atoms. The maximum absolute atomic E-state index is 2.36. The van der Waals surface area contributed by atoms with E-state index in [-0.39, 0.29) is 7.43 Å². The van der Waals surface area contributed by atoms with Gasteiger partial charge >= 0.3 is 0 Å². The molecule has 0 heteroatoms. The Morgan fingerprint density at radius 1 is 0.525 bits per heavy atom. The Morgan fingerprint density at radius 3 is 0.825 bits per heavy atom. The van der Waals surface area contributed by atoms with Crippen LogP contribution in [0.1, 0.15) is 243 Å². The zero-order valence-corrected chi connectivity index (χ0v) is 33.1. The molecule has 0 aliphatic heterocycles. The van der Waals surface area contributed by atoms with Gasteiger partial charge in [0.25, 0.3) is 0 Å². The Balaban J connectivity index is -0.0000000397. The van der Waals surface area contributed by atoms with Gasteiger partial charge in [0.2, 0.25) is 0 Å². The smallest absolute Gasteiger partial charge is 0.0411 e. The van der Waals surface area contributed by atoms with Crippen molar-refractivity contribution in [1.82, 2.24) is 0 Å². The molecule has 0 aromatic heterocycles. The molecule has 1 rings (SSSR count). The molecule has 0 heterocycles. The second-order valence-electron chi connectivity index (χ2n) is 12.8. The number of rotatable bonds is 6. The number of hydrogen-bond acceptors (Lipinski definition) is 0. The molecule has 0 N–H and O–H groups in total. The highest BCUT2D eigenvalue weighted by atomic mass is 14.1. The third kappa shape index (κ3) is 203. The lowest BCUT2D eigenvalue weighted by molar-refractivity contribution is 0.385. The van der Waals surface area contributed by atoms with E-state index in [1.54, 1.807) is 0 Å². The highest BCUT2D eigenvalue weighted by Crippen LogP contribution is 2.22. The first kappa shape index (κ1) is 63.3. The quantitative estimate of drug-likeness (QED) is 0.275. The van der Waals surface area contributed by atoms with Crippen LogP contribution in [0.15, 0.2) is 0 Å². The van der Waals surface area contributed by atoms with Crippen molar-refractivity contribution in [3.8, 4) is 0 Å². The second kappa shape index (κ2) is 67.0. The molecule has 0 aromatic rings. The molecule has 0 aromatic carbocycles. The van der Waals surface area contributed by atoms with Crippen molar-refractivity contribution in [2.24, 2.45) is 23.2 Å². The molecule has 1 aliphatic rings. The molecule has 0 amide bonds. The van der Waals surface area contributed by atoms with E-state index >= 15 is 0 Å². The van der Waals surface area contributed by atoms with Crippen LogP contribution in [-0.4, -0.2) is 0 Å². The third-order valence-electron chi connectivity index (χ3n) is 4.73. The first-order valence-corrected chi connectivity index (χ1v) is 18.2. The van der Waals surface area contributed by atoms with Crippen LogP contribution in [0.2, 0.25) is 0 Å². The van der Waals surface area contributed by atoms with Gasteiger partial charge in [-0.25, -0.2) is 0 Å². The number of hydrogen-bond donors (Lipinski definition) is 0. The SMILES string of the molecule is C.CC.CC.CC(C)(C)C.CC1CCCCC1.CCC.CCC.CCC(C)C.CCC(C)C.CCCCCCC. The summed E-state index contributed by atoms with van der Waals surface area (Å²) in [5.74, 6) is 2.80. The summed E-state index contributed by atoms with van der Waals surface area (Å²) in [6.07, 6.45) is 19.6. The predicted octanol–water partition coefficient (Wildman–Crippen LogP) is 17.2. The highest BCUT2D eigenvalue weighted by Gasteiger charge is 2.05. The van der Waals surface area contributed by atoms with Gasteiger partial charge in [-0.3, -0.25) is 0 Å². The highest BCUT2D eigenvalue weighted by molar-refractivity contribution is 4.59. The van der Waals surface area contributed by atoms with Crippen LogP contribution in [-0.2, 0) is 0 Å². The van der Waals surface area contributed by atoms with E-state index in [0.29, 0.717) is 5.41 Å². The molecule has 0 radical (unpaired) electrons. The molecule has 0 bridgehead atoms. The molecular formula is C40H98. The van der Waals surface area contributed by atoms with Gasteiger partial charge in [-0.1, -0.05) is 243 Å². The minimum atomic E-state index is 0. The Kier molecular flexibility index (Phi) is 106. The molecule has 0 atom stereocenters. The van der Waals surface area contributed by atoms with Crippen LogP contribution in [0, 0.1) is 23.2 Å². The van der Waals surface area contributed by atoms with Gasteiger partial charge in [0.05, 0.1) is 0 Å². The monoisotopic (exact) mass is 579 g/mol. The van der Waals surface area contributed by atoms with Crippen LogP contribution >= 0.6 is 0 Å². The summed E-state index contributed by atoms with van der Waals surface area (Å²) >= 11 is 0. The van der Waals surface area contributed by atoms with Crippen LogP contribution in [0.4, 0.5) is 0 Å². The first-order valence-electron chi connectivity index (χ1n) is 18.2. The van der Waals surface area contributed by atoms with Crippen molar-refractivity contribution in [2.75, 3.05) is 0 Å². The van der Waals surface area contributed by atoms with E-state index in [0.717, 1.165) is 17.8 Å². The zero-order chi connectivity index (χ0) is 33.1. The fourth-order valence-corrected chi connectivity index (χ4v) is 1.98. The van der Waals surface area contributed by atoms with Crippen LogP contribution in [0.25, 0.3) is 0 Å². The fraction of sp³-hybridized carbons (Fsp3) is 1.00. The molecule has 0 unspecified atom stereocenters. The Bertz CT molecular complexity index is 242. The molecule has 1 fully saturated rings. The average molecular weight is 579 g/mol. The maximum Gasteiger partial charge on any atom is -0.0411 e. The summed E-state index contributed by atoms with van der Waals surface area (Å²) in [4.78, 5) is 0. The van der Waals surface area contributed by atoms with Crippen LogP contribution in [0.3, 0.4) is 0 Å². The van der Waals surface area contributed by atoms with Crippen molar-refractivity contribution < 1.29 is 0 Å². The Hall–Kier alpha value is 0. The topological polar surface area (TPSA) is 0 Å². The summed E-state index contributed by atoms with van der Waals surface area (Å²) in [6.45, 7) is 45.4. The van der Waals surface area contributed by atoms with Crippen molar-refractivity contribution in [3.63, 3.8) is 0 Å². The average Bonchev–Trinajstić information content (AvgIpc) is 2.88. The molecule has 0 nitrogen and oxygen atoms in total. The standard InChI is InChI=1S/C7H14.C7H16.3C5H12.2C3H8.2C2H6.CH4/c1-7-5-3-2-4-6-7;1-3-5-7-6-4-2;1-5(2,3)4;2*1-4-5(2)3;2*1-3-2;2*1-2;/h7H,2-6H2,1H3;3-7H2,1-2H3;1-4H3;2*5H,4H2,1-3H3;2*3H2,1-2H3;2*1-2H3;1H4. The van der Waals surface area contributed by atoms with E-state index in [9.17, 15) is 0 Å². The van der Waals surface area contributed by atoms with E-state index < -0.39 is 0 Å². The zero-order valence-electron chi connectivity index (χ0n) is 33.1. The first-order chi connectivity index (χ1) is 18.2. The van der Waals surface area contributed by atoms with Gasteiger partial charge in [0, 0.05) is 0 Å². The molecule has 1 saturated carbocycles. The van der Waals surface area contributed by atoms with E-state index in [2.05, 4.69) is 118 Å². The Labute approximate surface area is 265 Å². The lowest BCUT2D eigenvalue weighted by Crippen LogP contribution is -1.99. The number of unbranched alkanes of at least 4 members (excludes halogenated alkanes) is 4. The summed E-state index contributed by atoms with van der Waals surface area (Å²) < 4.78 is 0. The molecule has 0 spiro atoms. The van der Waals surface area contributed by atoms with Crippen molar-refractivity contribution in [1.29, 1.82) is 0 Å². The molecule has 258 valence electrons. The molecule has 0 saturated heterocycles. The van der Waals surface area contributed by atoms with Crippen molar-refractivity contribution in [2.45, 2.75) is 243 Å². The lowest BCUT2D eigenvalue weighted by Gasteiger charge is -2.15. The van der Waals surface area contributed by atoms with Crippen LogP contribution in [0.5, 0.6) is 0 Å². The van der Waals surface area contributed by atoms with E-state index in [1.807, 2.05) is 27.7 Å². The summed E-state index contributed by atoms with van der Waals surface area (Å²) in [6, 6.07) is 0. The van der Waals surface area contributed by atoms with Gasteiger partial charge in [0.15, 0.2) is 0 Å². The molecular weight excluding hydrogens is 480 g/mol.